The summed E-state index contributed by atoms with van der Waals surface area (Å²) in [7, 11) is 0. The van der Waals surface area contributed by atoms with Gasteiger partial charge in [0.1, 0.15) is 0 Å². The van der Waals surface area contributed by atoms with E-state index in [9.17, 15) is 8.78 Å². The molecule has 0 radical (unpaired) electrons. The zero-order valence-electron chi connectivity index (χ0n) is 10.9. The minimum Gasteiger partial charge on any atom is -0.309 e. The summed E-state index contributed by atoms with van der Waals surface area (Å²) in [6.07, 6.45) is 2.45. The number of hydrogen-bond donors (Lipinski definition) is 1. The minimum atomic E-state index is -2.30. The highest BCUT2D eigenvalue weighted by Gasteiger charge is 2.20. The molecule has 1 aromatic rings. The number of aryl methyl sites for hydroxylation is 2. The summed E-state index contributed by atoms with van der Waals surface area (Å²) in [5.74, 6) is 0. The first-order chi connectivity index (χ1) is 8.70. The molecule has 0 spiro atoms. The van der Waals surface area contributed by atoms with Crippen molar-refractivity contribution in [2.24, 2.45) is 0 Å². The Morgan fingerprint density at radius 3 is 2.72 bits per heavy atom. The van der Waals surface area contributed by atoms with Crippen molar-refractivity contribution in [1.29, 1.82) is 0 Å². The van der Waals surface area contributed by atoms with E-state index in [1.165, 1.54) is 17.5 Å². The molecule has 1 aromatic carbocycles. The number of rotatable bonds is 6. The van der Waals surface area contributed by atoms with E-state index >= 15 is 0 Å². The lowest BCUT2D eigenvalue weighted by Gasteiger charge is -2.18. The van der Waals surface area contributed by atoms with Crippen molar-refractivity contribution in [3.05, 3.63) is 34.9 Å². The standard InChI is InChI=1S/C15H21F2N/c1-2-8-18-14(15(16)17)10-11-6-7-12-4-3-5-13(12)9-11/h6-7,9,14-15,18H,2-5,8,10H2,1H3. The summed E-state index contributed by atoms with van der Waals surface area (Å²) in [5.41, 5.74) is 3.79. The van der Waals surface area contributed by atoms with Crippen molar-refractivity contribution in [3.63, 3.8) is 0 Å². The molecule has 3 heteroatoms. The van der Waals surface area contributed by atoms with Crippen LogP contribution in [0.25, 0.3) is 0 Å². The third-order valence-corrected chi connectivity index (χ3v) is 3.58. The Labute approximate surface area is 108 Å². The van der Waals surface area contributed by atoms with Gasteiger partial charge >= 0.3 is 0 Å². The molecule has 0 heterocycles. The molecule has 1 nitrogen and oxygen atoms in total. The Hall–Kier alpha value is -0.960. The first-order valence-electron chi connectivity index (χ1n) is 6.83. The van der Waals surface area contributed by atoms with E-state index < -0.39 is 12.5 Å². The molecular formula is C15H21F2N. The van der Waals surface area contributed by atoms with Gasteiger partial charge in [-0.2, -0.15) is 0 Å². The van der Waals surface area contributed by atoms with Gasteiger partial charge in [-0.15, -0.1) is 0 Å². The zero-order chi connectivity index (χ0) is 13.0. The summed E-state index contributed by atoms with van der Waals surface area (Å²) in [4.78, 5) is 0. The Balaban J connectivity index is 2.02. The minimum absolute atomic E-state index is 0.422. The van der Waals surface area contributed by atoms with Gasteiger partial charge in [0.25, 0.3) is 6.43 Å². The van der Waals surface area contributed by atoms with Crippen LogP contribution in [-0.4, -0.2) is 19.0 Å². The van der Waals surface area contributed by atoms with Crippen molar-refractivity contribution < 1.29 is 8.78 Å². The zero-order valence-corrected chi connectivity index (χ0v) is 10.9. The van der Waals surface area contributed by atoms with E-state index in [-0.39, 0.29) is 0 Å². The fourth-order valence-electron chi connectivity index (χ4n) is 2.59. The molecule has 1 aliphatic rings. The highest BCUT2D eigenvalue weighted by Crippen LogP contribution is 2.23. The van der Waals surface area contributed by atoms with Gasteiger partial charge in [0.2, 0.25) is 0 Å². The molecule has 1 N–H and O–H groups in total. The second-order valence-electron chi connectivity index (χ2n) is 5.06. The van der Waals surface area contributed by atoms with Gasteiger partial charge in [-0.1, -0.05) is 25.1 Å². The fraction of sp³-hybridized carbons (Fsp3) is 0.600. The second kappa shape index (κ2) is 6.28. The Morgan fingerprint density at radius 1 is 1.22 bits per heavy atom. The topological polar surface area (TPSA) is 12.0 Å². The molecule has 0 saturated carbocycles. The first-order valence-corrected chi connectivity index (χ1v) is 6.83. The van der Waals surface area contributed by atoms with Gasteiger partial charge in [0.15, 0.2) is 0 Å². The average Bonchev–Trinajstić information content (AvgIpc) is 2.81. The third kappa shape index (κ3) is 3.29. The van der Waals surface area contributed by atoms with E-state index in [0.717, 1.165) is 24.8 Å². The SMILES string of the molecule is CCCNC(Cc1ccc2c(c1)CCC2)C(F)F. The number of alkyl halides is 2. The van der Waals surface area contributed by atoms with Crippen LogP contribution in [0, 0.1) is 0 Å². The smallest absolute Gasteiger partial charge is 0.254 e. The maximum Gasteiger partial charge on any atom is 0.254 e. The van der Waals surface area contributed by atoms with Gasteiger partial charge in [0.05, 0.1) is 6.04 Å². The molecule has 1 unspecified atom stereocenters. The predicted molar refractivity (Wildman–Crippen MR) is 70.3 cm³/mol. The molecule has 0 bridgehead atoms. The van der Waals surface area contributed by atoms with Crippen LogP contribution >= 0.6 is 0 Å². The molecule has 0 aromatic heterocycles. The molecule has 0 fully saturated rings. The Bertz CT molecular complexity index is 390. The summed E-state index contributed by atoms with van der Waals surface area (Å²) in [6, 6.07) is 5.52. The molecule has 100 valence electrons. The molecule has 18 heavy (non-hydrogen) atoms. The van der Waals surface area contributed by atoms with Crippen molar-refractivity contribution in [1.82, 2.24) is 5.32 Å². The third-order valence-electron chi connectivity index (χ3n) is 3.58. The summed E-state index contributed by atoms with van der Waals surface area (Å²) in [5, 5.41) is 2.94. The van der Waals surface area contributed by atoms with Gasteiger partial charge in [-0.25, -0.2) is 8.78 Å². The van der Waals surface area contributed by atoms with E-state index in [0.29, 0.717) is 13.0 Å². The first kappa shape index (κ1) is 13.5. The van der Waals surface area contributed by atoms with Crippen LogP contribution in [0.1, 0.15) is 36.5 Å². The second-order valence-corrected chi connectivity index (χ2v) is 5.06. The normalized spacial score (nSPS) is 16.0. The Kier molecular flexibility index (Phi) is 4.70. The lowest BCUT2D eigenvalue weighted by atomic mass is 10.0. The van der Waals surface area contributed by atoms with Crippen LogP contribution in [-0.2, 0) is 19.3 Å². The predicted octanol–water partition coefficient (Wildman–Crippen LogP) is 3.35. The van der Waals surface area contributed by atoms with Gasteiger partial charge in [-0.05, 0) is 55.3 Å². The van der Waals surface area contributed by atoms with Crippen LogP contribution in [0.5, 0.6) is 0 Å². The quantitative estimate of drug-likeness (QED) is 0.819. The van der Waals surface area contributed by atoms with Gasteiger partial charge in [-0.3, -0.25) is 0 Å². The van der Waals surface area contributed by atoms with E-state index in [2.05, 4.69) is 17.4 Å². The summed E-state index contributed by atoms with van der Waals surface area (Å²) >= 11 is 0. The van der Waals surface area contributed by atoms with Crippen molar-refractivity contribution in [2.75, 3.05) is 6.54 Å². The summed E-state index contributed by atoms with van der Waals surface area (Å²) < 4.78 is 25.8. The van der Waals surface area contributed by atoms with E-state index in [1.807, 2.05) is 13.0 Å². The highest BCUT2D eigenvalue weighted by atomic mass is 19.3. The lowest BCUT2D eigenvalue weighted by molar-refractivity contribution is 0.0983. The van der Waals surface area contributed by atoms with Crippen molar-refractivity contribution >= 4 is 0 Å². The highest BCUT2D eigenvalue weighted by molar-refractivity contribution is 5.35. The molecule has 0 amide bonds. The van der Waals surface area contributed by atoms with Gasteiger partial charge in [0, 0.05) is 0 Å². The fourth-order valence-corrected chi connectivity index (χ4v) is 2.59. The average molecular weight is 253 g/mol. The molecule has 1 aliphatic carbocycles. The molecule has 1 atom stereocenters. The van der Waals surface area contributed by atoms with Crippen molar-refractivity contribution in [2.45, 2.75) is 51.5 Å². The maximum atomic E-state index is 12.9. The van der Waals surface area contributed by atoms with Crippen LogP contribution in [0.2, 0.25) is 0 Å². The molecule has 2 rings (SSSR count). The van der Waals surface area contributed by atoms with Crippen LogP contribution in [0.4, 0.5) is 8.78 Å². The molecule has 0 saturated heterocycles. The monoisotopic (exact) mass is 253 g/mol. The lowest BCUT2D eigenvalue weighted by Crippen LogP contribution is -2.38. The van der Waals surface area contributed by atoms with Crippen LogP contribution in [0.3, 0.4) is 0 Å². The number of benzene rings is 1. The maximum absolute atomic E-state index is 12.9. The number of fused-ring (bicyclic) bond motifs is 1. The van der Waals surface area contributed by atoms with Crippen LogP contribution < -0.4 is 5.32 Å². The van der Waals surface area contributed by atoms with Crippen molar-refractivity contribution in [3.8, 4) is 0 Å². The number of halogens is 2. The molecular weight excluding hydrogens is 232 g/mol. The van der Waals surface area contributed by atoms with Crippen LogP contribution in [0.15, 0.2) is 18.2 Å². The van der Waals surface area contributed by atoms with E-state index in [1.54, 1.807) is 0 Å². The Morgan fingerprint density at radius 2 is 2.00 bits per heavy atom. The number of hydrogen-bond acceptors (Lipinski definition) is 1. The van der Waals surface area contributed by atoms with E-state index in [4.69, 9.17) is 0 Å². The number of nitrogens with one attached hydrogen (secondary N) is 1. The molecule has 0 aliphatic heterocycles. The largest absolute Gasteiger partial charge is 0.309 e. The summed E-state index contributed by atoms with van der Waals surface area (Å²) in [6.45, 7) is 2.64. The van der Waals surface area contributed by atoms with Gasteiger partial charge < -0.3 is 5.32 Å².